The van der Waals surface area contributed by atoms with Crippen LogP contribution >= 0.6 is 0 Å². The third-order valence-electron chi connectivity index (χ3n) is 6.71. The van der Waals surface area contributed by atoms with E-state index in [-0.39, 0.29) is 41.1 Å². The van der Waals surface area contributed by atoms with Gasteiger partial charge in [-0.1, -0.05) is 36.4 Å². The van der Waals surface area contributed by atoms with Gasteiger partial charge >= 0.3 is 0 Å². The number of nitrogen functional groups attached to an aromatic ring is 1. The lowest BCUT2D eigenvalue weighted by molar-refractivity contribution is 0.0950. The Morgan fingerprint density at radius 2 is 1.77 bits per heavy atom. The first-order valence-corrected chi connectivity index (χ1v) is 12.2. The van der Waals surface area contributed by atoms with Crippen molar-refractivity contribution in [3.05, 3.63) is 70.8 Å². The number of amides is 1. The third kappa shape index (κ3) is 4.95. The molecule has 2 fully saturated rings. The van der Waals surface area contributed by atoms with Crippen molar-refractivity contribution in [3.8, 4) is 11.6 Å². The lowest BCUT2D eigenvalue weighted by Crippen LogP contribution is -2.36. The van der Waals surface area contributed by atoms with E-state index in [1.54, 1.807) is 24.3 Å². The number of rotatable bonds is 7. The largest absolute Gasteiger partial charge is 0.473 e. The molecule has 5 rings (SSSR count). The van der Waals surface area contributed by atoms with Gasteiger partial charge in [-0.2, -0.15) is 0 Å². The summed E-state index contributed by atoms with van der Waals surface area (Å²) in [6.07, 6.45) is 3.67. The Kier molecular flexibility index (Phi) is 6.34. The minimum absolute atomic E-state index is 0.0481. The summed E-state index contributed by atoms with van der Waals surface area (Å²) in [6, 6.07) is 14.7. The highest BCUT2D eigenvalue weighted by Gasteiger charge is 2.29. The van der Waals surface area contributed by atoms with Crippen molar-refractivity contribution >= 4 is 25.5 Å². The fourth-order valence-corrected chi connectivity index (χ4v) is 4.36. The second-order valence-corrected chi connectivity index (χ2v) is 9.54. The quantitative estimate of drug-likeness (QED) is 0.405. The molecule has 2 aliphatic rings. The molecule has 9 heteroatoms. The van der Waals surface area contributed by atoms with Crippen molar-refractivity contribution in [2.75, 3.05) is 18.8 Å². The molecule has 0 atom stereocenters. The summed E-state index contributed by atoms with van der Waals surface area (Å²) in [5, 5.41) is 7.69. The number of anilines is 1. The number of ether oxygens (including phenoxy) is 1. The standard InChI is InChI=1S/C26H30BN5O3/c1-16-7-8-18(25(34)29-19-9-10-19)15-21(16)32-24(28)22(23(33)17-5-3-2-4-6-17)26(30-32)35-20-11-13-31(27)14-12-20/h2-8,15,19-20H,9-14,27-28H2,1H3,(H,29,34). The number of ketones is 1. The molecule has 0 spiro atoms. The fraction of sp³-hybridized carbons (Fsp3) is 0.346. The fourth-order valence-electron chi connectivity index (χ4n) is 4.36. The molecule has 1 amide bonds. The summed E-state index contributed by atoms with van der Waals surface area (Å²) in [7, 11) is 2.09. The highest BCUT2D eigenvalue weighted by molar-refractivity contribution is 6.13. The Balaban J connectivity index is 1.54. The SMILES string of the molecule is BN1CCC(Oc2nn(-c3cc(C(=O)NC4CC4)ccc3C)c(N)c2C(=O)c2ccccc2)CC1. The maximum atomic E-state index is 13.5. The normalized spacial score (nSPS) is 16.7. The molecule has 1 saturated carbocycles. The number of nitrogens with two attached hydrogens (primary N) is 1. The number of hydrogen-bond acceptors (Lipinski definition) is 6. The molecule has 35 heavy (non-hydrogen) atoms. The summed E-state index contributed by atoms with van der Waals surface area (Å²) in [5.41, 5.74) is 9.40. The smallest absolute Gasteiger partial charge is 0.251 e. The van der Waals surface area contributed by atoms with Crippen LogP contribution in [0.25, 0.3) is 5.69 Å². The molecule has 2 aromatic carbocycles. The van der Waals surface area contributed by atoms with E-state index in [1.165, 1.54) is 4.68 Å². The van der Waals surface area contributed by atoms with Crippen LogP contribution in [0.5, 0.6) is 5.88 Å². The van der Waals surface area contributed by atoms with E-state index >= 15 is 0 Å². The van der Waals surface area contributed by atoms with E-state index in [9.17, 15) is 9.59 Å². The summed E-state index contributed by atoms with van der Waals surface area (Å²) >= 11 is 0. The van der Waals surface area contributed by atoms with Gasteiger partial charge in [0.1, 0.15) is 17.5 Å². The van der Waals surface area contributed by atoms with E-state index in [1.807, 2.05) is 31.2 Å². The highest BCUT2D eigenvalue weighted by Crippen LogP contribution is 2.32. The number of hydrogen-bond donors (Lipinski definition) is 2. The molecule has 1 saturated heterocycles. The van der Waals surface area contributed by atoms with Gasteiger partial charge in [0.05, 0.1) is 5.69 Å². The number of nitrogens with zero attached hydrogens (tertiary/aromatic N) is 3. The minimum Gasteiger partial charge on any atom is -0.473 e. The predicted molar refractivity (Wildman–Crippen MR) is 137 cm³/mol. The van der Waals surface area contributed by atoms with Crippen LogP contribution < -0.4 is 15.8 Å². The maximum absolute atomic E-state index is 13.5. The van der Waals surface area contributed by atoms with Crippen LogP contribution in [-0.2, 0) is 0 Å². The zero-order valence-corrected chi connectivity index (χ0v) is 20.2. The number of carbonyl (C=O) groups is 2. The topological polar surface area (TPSA) is 102 Å². The summed E-state index contributed by atoms with van der Waals surface area (Å²) in [5.74, 6) is 0.0724. The number of carbonyl (C=O) groups excluding carboxylic acids is 2. The second-order valence-electron chi connectivity index (χ2n) is 9.54. The van der Waals surface area contributed by atoms with Crippen molar-refractivity contribution < 1.29 is 14.3 Å². The van der Waals surface area contributed by atoms with Crippen molar-refractivity contribution in [2.24, 2.45) is 0 Å². The first-order valence-electron chi connectivity index (χ1n) is 12.2. The van der Waals surface area contributed by atoms with Crippen molar-refractivity contribution in [1.29, 1.82) is 0 Å². The molecule has 1 aromatic heterocycles. The van der Waals surface area contributed by atoms with Crippen LogP contribution in [0.2, 0.25) is 0 Å². The zero-order chi connectivity index (χ0) is 24.5. The van der Waals surface area contributed by atoms with Gasteiger partial charge in [-0.25, -0.2) is 4.68 Å². The molecule has 2 heterocycles. The van der Waals surface area contributed by atoms with Gasteiger partial charge in [-0.3, -0.25) is 9.59 Å². The molecule has 3 aromatic rings. The van der Waals surface area contributed by atoms with Crippen LogP contribution in [0.1, 0.15) is 57.5 Å². The van der Waals surface area contributed by atoms with E-state index in [0.29, 0.717) is 16.8 Å². The number of benzene rings is 2. The van der Waals surface area contributed by atoms with Crippen molar-refractivity contribution in [2.45, 2.75) is 44.8 Å². The summed E-state index contributed by atoms with van der Waals surface area (Å²) in [6.45, 7) is 3.76. The average molecular weight is 471 g/mol. The van der Waals surface area contributed by atoms with Gasteiger partial charge in [0.15, 0.2) is 7.98 Å². The Bertz CT molecular complexity index is 1250. The third-order valence-corrected chi connectivity index (χ3v) is 6.71. The lowest BCUT2D eigenvalue weighted by atomic mass is 10.0. The second kappa shape index (κ2) is 9.58. The Labute approximate surface area is 205 Å². The maximum Gasteiger partial charge on any atom is 0.251 e. The van der Waals surface area contributed by atoms with Gasteiger partial charge in [0, 0.05) is 17.2 Å². The van der Waals surface area contributed by atoms with Crippen molar-refractivity contribution in [1.82, 2.24) is 19.9 Å². The lowest BCUT2D eigenvalue weighted by Gasteiger charge is -2.29. The first kappa shape index (κ1) is 23.2. The van der Waals surface area contributed by atoms with Gasteiger partial charge in [0.2, 0.25) is 11.7 Å². The molecule has 3 N–H and O–H groups in total. The summed E-state index contributed by atoms with van der Waals surface area (Å²) < 4.78 is 7.83. The Morgan fingerprint density at radius 1 is 1.06 bits per heavy atom. The predicted octanol–water partition coefficient (Wildman–Crippen LogP) is 2.28. The molecule has 180 valence electrons. The van der Waals surface area contributed by atoms with Crippen LogP contribution in [0, 0.1) is 6.92 Å². The number of nitrogens with one attached hydrogen (secondary N) is 1. The molecule has 0 unspecified atom stereocenters. The first-order chi connectivity index (χ1) is 16.9. The van der Waals surface area contributed by atoms with Crippen LogP contribution in [0.15, 0.2) is 48.5 Å². The zero-order valence-electron chi connectivity index (χ0n) is 20.2. The van der Waals surface area contributed by atoms with E-state index in [2.05, 4.69) is 23.2 Å². The van der Waals surface area contributed by atoms with Crippen molar-refractivity contribution in [3.63, 3.8) is 0 Å². The van der Waals surface area contributed by atoms with E-state index < -0.39 is 0 Å². The average Bonchev–Trinajstić information content (AvgIpc) is 3.62. The van der Waals surface area contributed by atoms with E-state index in [0.717, 1.165) is 44.3 Å². The molecule has 8 nitrogen and oxygen atoms in total. The molecule has 1 aliphatic carbocycles. The van der Waals surface area contributed by atoms with Gasteiger partial charge in [0.25, 0.3) is 5.91 Å². The molecule has 1 aliphatic heterocycles. The van der Waals surface area contributed by atoms with Crippen LogP contribution in [0.3, 0.4) is 0 Å². The summed E-state index contributed by atoms with van der Waals surface area (Å²) in [4.78, 5) is 28.5. The van der Waals surface area contributed by atoms with Gasteiger partial charge in [-0.05, 0) is 63.4 Å². The monoisotopic (exact) mass is 471 g/mol. The Morgan fingerprint density at radius 3 is 2.46 bits per heavy atom. The van der Waals surface area contributed by atoms with Gasteiger partial charge in [-0.15, -0.1) is 5.10 Å². The molecule has 0 radical (unpaired) electrons. The molecular formula is C26H30BN5O3. The Hall–Kier alpha value is -3.59. The van der Waals surface area contributed by atoms with E-state index in [4.69, 9.17) is 10.5 Å². The number of piperidine rings is 1. The highest BCUT2D eigenvalue weighted by atomic mass is 16.5. The van der Waals surface area contributed by atoms with Gasteiger partial charge < -0.3 is 20.6 Å². The molecule has 0 bridgehead atoms. The number of aromatic nitrogens is 2. The minimum atomic E-state index is -0.238. The number of aryl methyl sites for hydroxylation is 1. The molecular weight excluding hydrogens is 441 g/mol. The van der Waals surface area contributed by atoms with Crippen LogP contribution in [-0.4, -0.2) is 59.5 Å². The van der Waals surface area contributed by atoms with Crippen LogP contribution in [0.4, 0.5) is 5.82 Å².